The van der Waals surface area contributed by atoms with Crippen molar-refractivity contribution in [2.75, 3.05) is 13.2 Å². The summed E-state index contributed by atoms with van der Waals surface area (Å²) in [7, 11) is 0. The summed E-state index contributed by atoms with van der Waals surface area (Å²) < 4.78 is 41.4. The fraction of sp³-hybridized carbons (Fsp3) is 0.200. The van der Waals surface area contributed by atoms with Crippen molar-refractivity contribution in [3.05, 3.63) is 48.4 Å². The highest BCUT2D eigenvalue weighted by Gasteiger charge is 2.38. The van der Waals surface area contributed by atoms with Crippen LogP contribution in [-0.2, 0) is 11.0 Å². The van der Waals surface area contributed by atoms with Crippen molar-refractivity contribution in [3.8, 4) is 11.4 Å². The minimum Gasteiger partial charge on any atom is -0.392 e. The van der Waals surface area contributed by atoms with Gasteiger partial charge in [0.15, 0.2) is 0 Å². The minimum absolute atomic E-state index is 0.150. The zero-order valence-corrected chi connectivity index (χ0v) is 12.8. The van der Waals surface area contributed by atoms with Crippen LogP contribution in [0, 0.1) is 0 Å². The van der Waals surface area contributed by atoms with E-state index in [4.69, 9.17) is 4.84 Å². The van der Waals surface area contributed by atoms with Gasteiger partial charge in [-0.2, -0.15) is 18.2 Å². The maximum Gasteiger partial charge on any atom is 0.471 e. The van der Waals surface area contributed by atoms with Crippen LogP contribution in [0.3, 0.4) is 0 Å². The summed E-state index contributed by atoms with van der Waals surface area (Å²) in [4.78, 5) is 19.9. The van der Waals surface area contributed by atoms with Gasteiger partial charge in [0.25, 0.3) is 5.91 Å². The molecule has 0 aliphatic rings. The number of amides is 1. The van der Waals surface area contributed by atoms with E-state index in [1.165, 1.54) is 36.6 Å². The molecule has 1 aromatic heterocycles. The van der Waals surface area contributed by atoms with Crippen LogP contribution < -0.4 is 5.32 Å². The van der Waals surface area contributed by atoms with Crippen LogP contribution in [0.25, 0.3) is 11.4 Å². The summed E-state index contributed by atoms with van der Waals surface area (Å²) in [5, 5.41) is 9.41. The molecule has 1 heterocycles. The second-order valence-corrected chi connectivity index (χ2v) is 4.58. The Hall–Kier alpha value is -3.17. The van der Waals surface area contributed by atoms with Crippen molar-refractivity contribution >= 4 is 12.1 Å². The molecule has 0 unspecified atom stereocenters. The lowest BCUT2D eigenvalue weighted by Crippen LogP contribution is -2.25. The number of aromatic nitrogens is 2. The van der Waals surface area contributed by atoms with Crippen molar-refractivity contribution in [1.82, 2.24) is 15.5 Å². The molecule has 2 rings (SSSR count). The summed E-state index contributed by atoms with van der Waals surface area (Å²) in [5.74, 6) is -2.03. The van der Waals surface area contributed by atoms with Crippen molar-refractivity contribution < 1.29 is 27.3 Å². The molecule has 0 spiro atoms. The average molecular weight is 354 g/mol. The molecule has 0 fully saturated rings. The highest BCUT2D eigenvalue weighted by Crippen LogP contribution is 2.29. The predicted molar refractivity (Wildman–Crippen MR) is 81.7 cm³/mol. The Morgan fingerprint density at radius 1 is 1.36 bits per heavy atom. The number of carbonyl (C=O) groups excluding carboxylic acids is 1. The quantitative estimate of drug-likeness (QED) is 0.357. The standard InChI is InChI=1S/C15H13F3N4O3/c1-2-9-24-20-8-7-19-13(23)11-5-3-10(4-6-11)12-21-14(25-22-12)15(16,17)18/h2-6,8H,1,7,9H2,(H,19,23)/b20-8+. The lowest BCUT2D eigenvalue weighted by molar-refractivity contribution is -0.159. The monoisotopic (exact) mass is 354 g/mol. The Bertz CT molecular complexity index is 754. The first-order valence-electron chi connectivity index (χ1n) is 6.96. The highest BCUT2D eigenvalue weighted by atomic mass is 19.4. The molecule has 0 saturated carbocycles. The van der Waals surface area contributed by atoms with E-state index in [-0.39, 0.29) is 30.4 Å². The molecule has 25 heavy (non-hydrogen) atoms. The van der Waals surface area contributed by atoms with Gasteiger partial charge in [-0.25, -0.2) is 0 Å². The van der Waals surface area contributed by atoms with Gasteiger partial charge in [0.05, 0.1) is 12.8 Å². The number of oxime groups is 1. The SMILES string of the molecule is C=CCO/N=C/CNC(=O)c1ccc(-c2noc(C(F)(F)F)n2)cc1. The summed E-state index contributed by atoms with van der Waals surface area (Å²) in [6.07, 6.45) is -1.81. The second kappa shape index (κ2) is 8.08. The molecule has 2 aromatic rings. The van der Waals surface area contributed by atoms with Crippen LogP contribution in [0.15, 0.2) is 46.6 Å². The Labute approximate surface area is 140 Å². The molecule has 0 aliphatic carbocycles. The zero-order valence-electron chi connectivity index (χ0n) is 12.8. The van der Waals surface area contributed by atoms with E-state index in [1.807, 2.05) is 0 Å². The van der Waals surface area contributed by atoms with Gasteiger partial charge < -0.3 is 14.7 Å². The summed E-state index contributed by atoms with van der Waals surface area (Å²) in [6, 6.07) is 5.70. The smallest absolute Gasteiger partial charge is 0.392 e. The molecule has 0 radical (unpaired) electrons. The molecule has 1 aromatic carbocycles. The maximum absolute atomic E-state index is 12.4. The lowest BCUT2D eigenvalue weighted by atomic mass is 10.1. The molecule has 0 aliphatic heterocycles. The average Bonchev–Trinajstić information content (AvgIpc) is 3.08. The lowest BCUT2D eigenvalue weighted by Gasteiger charge is -2.02. The van der Waals surface area contributed by atoms with E-state index >= 15 is 0 Å². The van der Waals surface area contributed by atoms with E-state index in [2.05, 4.69) is 31.7 Å². The zero-order chi connectivity index (χ0) is 18.3. The molecular weight excluding hydrogens is 341 g/mol. The first-order valence-corrected chi connectivity index (χ1v) is 6.96. The fourth-order valence-electron chi connectivity index (χ4n) is 1.65. The largest absolute Gasteiger partial charge is 0.471 e. The Kier molecular flexibility index (Phi) is 5.88. The number of nitrogens with zero attached hydrogens (tertiary/aromatic N) is 3. The number of carbonyl (C=O) groups is 1. The van der Waals surface area contributed by atoms with E-state index in [0.717, 1.165) is 0 Å². The molecule has 0 saturated heterocycles. The second-order valence-electron chi connectivity index (χ2n) is 4.58. The number of benzene rings is 1. The van der Waals surface area contributed by atoms with Gasteiger partial charge in [0, 0.05) is 11.1 Å². The Morgan fingerprint density at radius 3 is 2.68 bits per heavy atom. The van der Waals surface area contributed by atoms with E-state index < -0.39 is 12.1 Å². The van der Waals surface area contributed by atoms with E-state index in [9.17, 15) is 18.0 Å². The van der Waals surface area contributed by atoms with E-state index in [0.29, 0.717) is 5.56 Å². The number of nitrogens with one attached hydrogen (secondary N) is 1. The summed E-state index contributed by atoms with van der Waals surface area (Å²) in [5.41, 5.74) is 0.596. The minimum atomic E-state index is -4.71. The van der Waals surface area contributed by atoms with Crippen molar-refractivity contribution in [1.29, 1.82) is 0 Å². The molecule has 1 N–H and O–H groups in total. The first kappa shape index (κ1) is 18.2. The fourth-order valence-corrected chi connectivity index (χ4v) is 1.65. The molecule has 0 atom stereocenters. The van der Waals surface area contributed by atoms with Gasteiger partial charge in [-0.15, -0.1) is 0 Å². The molecule has 132 valence electrons. The number of halogens is 3. The Balaban J connectivity index is 1.95. The normalized spacial score (nSPS) is 11.5. The van der Waals surface area contributed by atoms with Crippen LogP contribution in [0.4, 0.5) is 13.2 Å². The van der Waals surface area contributed by atoms with Crippen molar-refractivity contribution in [3.63, 3.8) is 0 Å². The topological polar surface area (TPSA) is 89.6 Å². The third kappa shape index (κ3) is 5.16. The third-order valence-corrected chi connectivity index (χ3v) is 2.77. The highest BCUT2D eigenvalue weighted by molar-refractivity contribution is 5.95. The third-order valence-electron chi connectivity index (χ3n) is 2.77. The van der Waals surface area contributed by atoms with Gasteiger partial charge in [-0.3, -0.25) is 4.79 Å². The molecule has 10 heteroatoms. The molecule has 1 amide bonds. The van der Waals surface area contributed by atoms with Gasteiger partial charge in [-0.05, 0) is 12.1 Å². The van der Waals surface area contributed by atoms with Crippen molar-refractivity contribution in [2.45, 2.75) is 6.18 Å². The molecular formula is C15H13F3N4O3. The maximum atomic E-state index is 12.4. The number of rotatable bonds is 7. The van der Waals surface area contributed by atoms with Crippen LogP contribution in [-0.4, -0.2) is 35.4 Å². The predicted octanol–water partition coefficient (Wildman–Crippen LogP) is 2.67. The molecule has 0 bridgehead atoms. The Morgan fingerprint density at radius 2 is 2.08 bits per heavy atom. The van der Waals surface area contributed by atoms with E-state index in [1.54, 1.807) is 0 Å². The number of hydrogen-bond donors (Lipinski definition) is 1. The summed E-state index contributed by atoms with van der Waals surface area (Å²) >= 11 is 0. The van der Waals surface area contributed by atoms with Crippen LogP contribution in [0.2, 0.25) is 0 Å². The van der Waals surface area contributed by atoms with Crippen LogP contribution >= 0.6 is 0 Å². The summed E-state index contributed by atoms with van der Waals surface area (Å²) in [6.45, 7) is 3.86. The van der Waals surface area contributed by atoms with Crippen LogP contribution in [0.5, 0.6) is 0 Å². The molecule has 7 nitrogen and oxygen atoms in total. The van der Waals surface area contributed by atoms with Gasteiger partial charge in [-0.1, -0.05) is 35.1 Å². The van der Waals surface area contributed by atoms with Gasteiger partial charge in [0.2, 0.25) is 5.82 Å². The number of alkyl halides is 3. The van der Waals surface area contributed by atoms with Gasteiger partial charge >= 0.3 is 12.1 Å². The van der Waals surface area contributed by atoms with Gasteiger partial charge in [0.1, 0.15) is 6.61 Å². The number of hydrogen-bond acceptors (Lipinski definition) is 6. The van der Waals surface area contributed by atoms with Crippen molar-refractivity contribution in [2.24, 2.45) is 5.16 Å². The van der Waals surface area contributed by atoms with Crippen LogP contribution in [0.1, 0.15) is 16.2 Å². The first-order chi connectivity index (χ1) is 11.9.